The van der Waals surface area contributed by atoms with E-state index >= 15 is 0 Å². The third-order valence-electron chi connectivity index (χ3n) is 7.01. The number of likely N-dealkylation sites (tertiary alicyclic amines) is 1. The molecule has 1 aliphatic heterocycles. The molecule has 1 aliphatic carbocycles. The van der Waals surface area contributed by atoms with Crippen LogP contribution < -0.4 is 10.9 Å². The van der Waals surface area contributed by atoms with E-state index in [0.29, 0.717) is 24.6 Å². The normalized spacial score (nSPS) is 17.2. The average Bonchev–Trinajstić information content (AvgIpc) is 3.25. The second-order valence-electron chi connectivity index (χ2n) is 9.10. The number of benzene rings is 2. The van der Waals surface area contributed by atoms with Crippen molar-refractivity contribution in [3.63, 3.8) is 0 Å². The minimum atomic E-state index is -0.662. The first-order valence-corrected chi connectivity index (χ1v) is 11.6. The van der Waals surface area contributed by atoms with E-state index in [-0.39, 0.29) is 10.9 Å². The van der Waals surface area contributed by atoms with Crippen molar-refractivity contribution in [2.24, 2.45) is 0 Å². The van der Waals surface area contributed by atoms with E-state index in [9.17, 15) is 13.6 Å². The van der Waals surface area contributed by atoms with Gasteiger partial charge in [0, 0.05) is 43.2 Å². The lowest BCUT2D eigenvalue weighted by atomic mass is 10.0. The van der Waals surface area contributed by atoms with Gasteiger partial charge in [-0.15, -0.1) is 0 Å². The Labute approximate surface area is 186 Å². The fourth-order valence-electron chi connectivity index (χ4n) is 5.15. The van der Waals surface area contributed by atoms with Crippen molar-refractivity contribution in [1.82, 2.24) is 14.8 Å². The number of piperidine rings is 1. The minimum Gasteiger partial charge on any atom is -0.310 e. The van der Waals surface area contributed by atoms with Crippen LogP contribution in [0.4, 0.5) is 8.78 Å². The molecule has 3 aromatic rings. The Morgan fingerprint density at radius 1 is 0.938 bits per heavy atom. The van der Waals surface area contributed by atoms with Gasteiger partial charge in [0.2, 0.25) is 0 Å². The van der Waals surface area contributed by atoms with Gasteiger partial charge in [0.1, 0.15) is 11.6 Å². The van der Waals surface area contributed by atoms with Crippen molar-refractivity contribution in [2.75, 3.05) is 19.6 Å². The lowest BCUT2D eigenvalue weighted by molar-refractivity contribution is 0.191. The molecule has 5 rings (SSSR count). The monoisotopic (exact) mass is 437 g/mol. The van der Waals surface area contributed by atoms with Gasteiger partial charge in [0.25, 0.3) is 5.56 Å². The van der Waals surface area contributed by atoms with Gasteiger partial charge in [-0.05, 0) is 74.0 Å². The molecule has 0 bridgehead atoms. The molecular weight excluding hydrogens is 408 g/mol. The topological polar surface area (TPSA) is 37.3 Å². The highest BCUT2D eigenvalue weighted by Crippen LogP contribution is 2.23. The molecule has 2 heterocycles. The molecule has 0 unspecified atom stereocenters. The van der Waals surface area contributed by atoms with Crippen LogP contribution in [0.1, 0.15) is 36.0 Å². The van der Waals surface area contributed by atoms with Gasteiger partial charge < -0.3 is 14.8 Å². The number of aryl methyl sites for hydroxylation is 2. The molecule has 0 amide bonds. The van der Waals surface area contributed by atoms with Gasteiger partial charge >= 0.3 is 0 Å². The third kappa shape index (κ3) is 4.48. The smallest absolute Gasteiger partial charge is 0.251 e. The van der Waals surface area contributed by atoms with Crippen LogP contribution in [0.15, 0.2) is 47.3 Å². The molecule has 1 saturated heterocycles. The maximum Gasteiger partial charge on any atom is 0.251 e. The number of hydrogen-bond donors (Lipinski definition) is 1. The SMILES string of the molecule is O=c1ccc2c(F)cc(F)cc2n1CCN1CCC(NCc2ccc3c(c2)CCC3)CC1. The van der Waals surface area contributed by atoms with Crippen molar-refractivity contribution >= 4 is 10.9 Å². The Bertz CT molecular complexity index is 1180. The van der Waals surface area contributed by atoms with Crippen molar-refractivity contribution in [3.8, 4) is 0 Å². The zero-order chi connectivity index (χ0) is 22.1. The summed E-state index contributed by atoms with van der Waals surface area (Å²) >= 11 is 0. The summed E-state index contributed by atoms with van der Waals surface area (Å²) in [6.07, 6.45) is 5.81. The summed E-state index contributed by atoms with van der Waals surface area (Å²) in [6.45, 7) is 3.91. The third-order valence-corrected chi connectivity index (χ3v) is 7.01. The maximum atomic E-state index is 14.1. The second kappa shape index (κ2) is 9.12. The van der Waals surface area contributed by atoms with Crippen molar-refractivity contribution in [2.45, 2.75) is 51.2 Å². The van der Waals surface area contributed by atoms with Crippen LogP contribution >= 0.6 is 0 Å². The summed E-state index contributed by atoms with van der Waals surface area (Å²) in [6, 6.07) is 12.3. The molecule has 32 heavy (non-hydrogen) atoms. The highest BCUT2D eigenvalue weighted by molar-refractivity contribution is 5.79. The lowest BCUT2D eigenvalue weighted by Gasteiger charge is -2.32. The van der Waals surface area contributed by atoms with Gasteiger partial charge in [0.05, 0.1) is 5.52 Å². The first-order valence-electron chi connectivity index (χ1n) is 11.6. The fraction of sp³-hybridized carbons (Fsp3) is 0.423. The first kappa shape index (κ1) is 21.3. The van der Waals surface area contributed by atoms with Gasteiger partial charge in [0.15, 0.2) is 0 Å². The molecule has 2 aromatic carbocycles. The molecule has 0 spiro atoms. The Hall–Kier alpha value is -2.57. The van der Waals surface area contributed by atoms with Crippen LogP contribution in [0.5, 0.6) is 0 Å². The van der Waals surface area contributed by atoms with Gasteiger partial charge in [-0.2, -0.15) is 0 Å². The number of fused-ring (bicyclic) bond motifs is 2. The molecule has 0 saturated carbocycles. The summed E-state index contributed by atoms with van der Waals surface area (Å²) in [5, 5.41) is 3.98. The van der Waals surface area contributed by atoms with E-state index in [1.807, 2.05) is 0 Å². The van der Waals surface area contributed by atoms with E-state index in [1.54, 1.807) is 0 Å². The fourth-order valence-corrected chi connectivity index (χ4v) is 5.15. The summed E-state index contributed by atoms with van der Waals surface area (Å²) in [4.78, 5) is 14.7. The zero-order valence-corrected chi connectivity index (χ0v) is 18.2. The zero-order valence-electron chi connectivity index (χ0n) is 18.2. The van der Waals surface area contributed by atoms with Crippen LogP contribution in [0, 0.1) is 11.6 Å². The molecule has 1 aromatic heterocycles. The van der Waals surface area contributed by atoms with Crippen molar-refractivity contribution in [1.29, 1.82) is 0 Å². The van der Waals surface area contributed by atoms with Crippen LogP contribution in [0.3, 0.4) is 0 Å². The summed E-state index contributed by atoms with van der Waals surface area (Å²) in [5.41, 5.74) is 4.48. The Morgan fingerprint density at radius 2 is 1.75 bits per heavy atom. The standard InChI is InChI=1S/C26H29F2N3O/c27-21-15-24(28)23-6-7-26(32)31(25(23)16-21)13-12-30-10-8-22(9-11-30)29-17-18-4-5-19-2-1-3-20(19)14-18/h4-7,14-16,22,29H,1-3,8-13,17H2. The molecule has 168 valence electrons. The molecule has 1 fully saturated rings. The predicted molar refractivity (Wildman–Crippen MR) is 123 cm³/mol. The van der Waals surface area contributed by atoms with Gasteiger partial charge in [-0.3, -0.25) is 4.79 Å². The van der Waals surface area contributed by atoms with Crippen LogP contribution in [-0.2, 0) is 25.9 Å². The van der Waals surface area contributed by atoms with Crippen LogP contribution in [-0.4, -0.2) is 35.1 Å². The molecule has 0 atom stereocenters. The quantitative estimate of drug-likeness (QED) is 0.633. The largest absolute Gasteiger partial charge is 0.310 e. The number of hydrogen-bond acceptors (Lipinski definition) is 3. The number of aromatic nitrogens is 1. The Morgan fingerprint density at radius 3 is 2.59 bits per heavy atom. The molecule has 1 N–H and O–H groups in total. The highest BCUT2D eigenvalue weighted by atomic mass is 19.1. The number of pyridine rings is 1. The van der Waals surface area contributed by atoms with Gasteiger partial charge in [-0.25, -0.2) is 8.78 Å². The van der Waals surface area contributed by atoms with E-state index in [4.69, 9.17) is 0 Å². The van der Waals surface area contributed by atoms with E-state index < -0.39 is 11.6 Å². The number of halogens is 2. The van der Waals surface area contributed by atoms with Crippen LogP contribution in [0.2, 0.25) is 0 Å². The number of nitrogens with zero attached hydrogens (tertiary/aromatic N) is 2. The second-order valence-corrected chi connectivity index (χ2v) is 9.10. The predicted octanol–water partition coefficient (Wildman–Crippen LogP) is 4.02. The van der Waals surface area contributed by atoms with Crippen molar-refractivity contribution in [3.05, 3.63) is 81.1 Å². The van der Waals surface area contributed by atoms with Gasteiger partial charge in [-0.1, -0.05) is 18.2 Å². The summed E-state index contributed by atoms with van der Waals surface area (Å²) in [7, 11) is 0. The lowest BCUT2D eigenvalue weighted by Crippen LogP contribution is -2.43. The maximum absolute atomic E-state index is 14.1. The average molecular weight is 438 g/mol. The molecule has 4 nitrogen and oxygen atoms in total. The van der Waals surface area contributed by atoms with E-state index in [0.717, 1.165) is 38.5 Å². The molecular formula is C26H29F2N3O. The van der Waals surface area contributed by atoms with E-state index in [2.05, 4.69) is 28.4 Å². The Kier molecular flexibility index (Phi) is 6.07. The number of rotatable bonds is 6. The minimum absolute atomic E-state index is 0.228. The highest BCUT2D eigenvalue weighted by Gasteiger charge is 2.19. The summed E-state index contributed by atoms with van der Waals surface area (Å²) in [5.74, 6) is -1.30. The Balaban J connectivity index is 1.15. The molecule has 0 radical (unpaired) electrons. The molecule has 6 heteroatoms. The van der Waals surface area contributed by atoms with E-state index in [1.165, 1.54) is 58.7 Å². The summed E-state index contributed by atoms with van der Waals surface area (Å²) < 4.78 is 29.3. The van der Waals surface area contributed by atoms with Crippen molar-refractivity contribution < 1.29 is 8.78 Å². The first-order chi connectivity index (χ1) is 15.6. The number of nitrogens with one attached hydrogen (secondary N) is 1. The molecule has 2 aliphatic rings. The van der Waals surface area contributed by atoms with Crippen LogP contribution in [0.25, 0.3) is 10.9 Å².